The van der Waals surface area contributed by atoms with Gasteiger partial charge in [-0.1, -0.05) is 73.5 Å². The molecule has 6 heteroatoms. The molecule has 4 nitrogen and oxygen atoms in total. The number of halogens is 1. The fraction of sp³-hybridized carbons (Fsp3) is 0.214. The Labute approximate surface area is 210 Å². The van der Waals surface area contributed by atoms with Gasteiger partial charge in [-0.3, -0.25) is 9.69 Å². The molecule has 0 spiro atoms. The van der Waals surface area contributed by atoms with Crippen molar-refractivity contribution in [1.82, 2.24) is 4.90 Å². The Hall–Kier alpha value is -3.02. The molecule has 0 atom stereocenters. The van der Waals surface area contributed by atoms with Crippen LogP contribution in [0, 0.1) is 12.8 Å². The zero-order valence-electron chi connectivity index (χ0n) is 19.5. The number of aliphatic imine (C=N–C) groups is 1. The molecule has 0 saturated carbocycles. The molecule has 34 heavy (non-hydrogen) atoms. The van der Waals surface area contributed by atoms with Gasteiger partial charge in [0.1, 0.15) is 12.4 Å². The van der Waals surface area contributed by atoms with Crippen molar-refractivity contribution < 1.29 is 9.53 Å². The Kier molecular flexibility index (Phi) is 7.76. The van der Waals surface area contributed by atoms with Gasteiger partial charge in [0.15, 0.2) is 5.17 Å². The predicted octanol–water partition coefficient (Wildman–Crippen LogP) is 7.49. The highest BCUT2D eigenvalue weighted by Gasteiger charge is 2.34. The maximum Gasteiger partial charge on any atom is 0.266 e. The summed E-state index contributed by atoms with van der Waals surface area (Å²) in [5, 5.41) is 1.33. The highest BCUT2D eigenvalue weighted by molar-refractivity contribution is 8.18. The lowest BCUT2D eigenvalue weighted by Gasteiger charge is -2.17. The lowest BCUT2D eigenvalue weighted by Crippen LogP contribution is -2.32. The van der Waals surface area contributed by atoms with Crippen molar-refractivity contribution in [3.63, 3.8) is 0 Å². The van der Waals surface area contributed by atoms with E-state index >= 15 is 0 Å². The Bertz CT molecular complexity index is 1220. The van der Waals surface area contributed by atoms with Crippen LogP contribution in [-0.2, 0) is 11.4 Å². The van der Waals surface area contributed by atoms with Gasteiger partial charge in [-0.25, -0.2) is 4.99 Å². The molecule has 0 bridgehead atoms. The molecule has 0 radical (unpaired) electrons. The van der Waals surface area contributed by atoms with Gasteiger partial charge >= 0.3 is 0 Å². The molecule has 0 unspecified atom stereocenters. The molecule has 4 rings (SSSR count). The molecule has 0 aromatic heterocycles. The predicted molar refractivity (Wildman–Crippen MR) is 143 cm³/mol. The Balaban J connectivity index is 1.60. The number of carbonyl (C=O) groups excluding carboxylic acids is 1. The zero-order chi connectivity index (χ0) is 24.1. The number of aryl methyl sites for hydroxylation is 1. The summed E-state index contributed by atoms with van der Waals surface area (Å²) in [4.78, 5) is 20.4. The third kappa shape index (κ3) is 6.10. The van der Waals surface area contributed by atoms with Gasteiger partial charge in [0, 0.05) is 17.1 Å². The minimum atomic E-state index is -0.0419. The number of para-hydroxylation sites is 1. The first-order valence-corrected chi connectivity index (χ1v) is 12.4. The van der Waals surface area contributed by atoms with Gasteiger partial charge in [0.2, 0.25) is 0 Å². The van der Waals surface area contributed by atoms with Crippen molar-refractivity contribution in [3.8, 4) is 5.75 Å². The molecule has 1 aliphatic rings. The molecule has 3 aromatic carbocycles. The second-order valence-corrected chi connectivity index (χ2v) is 10.0. The van der Waals surface area contributed by atoms with E-state index in [2.05, 4.69) is 45.0 Å². The zero-order valence-corrected chi connectivity index (χ0v) is 21.1. The Morgan fingerprint density at radius 1 is 1.03 bits per heavy atom. The number of amides is 1. The molecule has 1 saturated heterocycles. The molecule has 174 valence electrons. The third-order valence-electron chi connectivity index (χ3n) is 5.21. The first kappa shape index (κ1) is 24.1. The van der Waals surface area contributed by atoms with E-state index < -0.39 is 0 Å². The van der Waals surface area contributed by atoms with E-state index in [-0.39, 0.29) is 5.91 Å². The van der Waals surface area contributed by atoms with Crippen molar-refractivity contribution in [2.75, 3.05) is 6.54 Å². The van der Waals surface area contributed by atoms with Gasteiger partial charge in [0.25, 0.3) is 5.91 Å². The maximum absolute atomic E-state index is 13.3. The standard InChI is InChI=1S/C28H27ClN2O2S/c1-19(2)17-31-27(32)26(34-28(31)30-24-14-12-23(29)13-15-24)16-22-6-4-5-7-25(22)33-18-21-10-8-20(3)9-11-21/h4-16,19H,17-18H2,1-3H3/b26-16-,30-28?. The molecule has 3 aromatic rings. The highest BCUT2D eigenvalue weighted by atomic mass is 35.5. The van der Waals surface area contributed by atoms with Crippen LogP contribution >= 0.6 is 23.4 Å². The molecule has 0 aliphatic carbocycles. The van der Waals surface area contributed by atoms with E-state index in [4.69, 9.17) is 21.3 Å². The van der Waals surface area contributed by atoms with Crippen LogP contribution in [0.3, 0.4) is 0 Å². The van der Waals surface area contributed by atoms with Crippen LogP contribution in [0.2, 0.25) is 5.02 Å². The van der Waals surface area contributed by atoms with Crippen LogP contribution in [0.4, 0.5) is 5.69 Å². The van der Waals surface area contributed by atoms with E-state index in [0.29, 0.717) is 34.2 Å². The fourth-order valence-electron chi connectivity index (χ4n) is 3.46. The Morgan fingerprint density at radius 2 is 1.74 bits per heavy atom. The largest absolute Gasteiger partial charge is 0.488 e. The summed E-state index contributed by atoms with van der Waals surface area (Å²) in [6, 6.07) is 23.4. The summed E-state index contributed by atoms with van der Waals surface area (Å²) >= 11 is 7.40. The molecular formula is C28H27ClN2O2S. The van der Waals surface area contributed by atoms with E-state index in [0.717, 1.165) is 22.6 Å². The number of amidine groups is 1. The second kappa shape index (κ2) is 10.9. The first-order valence-electron chi connectivity index (χ1n) is 11.2. The smallest absolute Gasteiger partial charge is 0.266 e. The topological polar surface area (TPSA) is 41.9 Å². The van der Waals surface area contributed by atoms with E-state index in [1.54, 1.807) is 17.0 Å². The van der Waals surface area contributed by atoms with Gasteiger partial charge in [-0.15, -0.1) is 0 Å². The SMILES string of the molecule is Cc1ccc(COc2ccccc2/C=C2\SC(=Nc3ccc(Cl)cc3)N(CC(C)C)C2=O)cc1. The molecule has 1 heterocycles. The molecule has 0 N–H and O–H groups in total. The van der Waals surface area contributed by atoms with Crippen LogP contribution in [0.15, 0.2) is 82.7 Å². The van der Waals surface area contributed by atoms with Crippen molar-refractivity contribution in [2.45, 2.75) is 27.4 Å². The molecule has 1 fully saturated rings. The van der Waals surface area contributed by atoms with Crippen molar-refractivity contribution in [1.29, 1.82) is 0 Å². The summed E-state index contributed by atoms with van der Waals surface area (Å²) < 4.78 is 6.11. The van der Waals surface area contributed by atoms with Crippen LogP contribution in [0.1, 0.15) is 30.5 Å². The van der Waals surface area contributed by atoms with Gasteiger partial charge in [0.05, 0.1) is 10.6 Å². The number of benzene rings is 3. The van der Waals surface area contributed by atoms with E-state index in [9.17, 15) is 4.79 Å². The van der Waals surface area contributed by atoms with Crippen molar-refractivity contribution >= 4 is 46.2 Å². The van der Waals surface area contributed by atoms with Crippen molar-refractivity contribution in [3.05, 3.63) is 99.4 Å². The number of hydrogen-bond donors (Lipinski definition) is 0. The first-order chi connectivity index (χ1) is 16.4. The van der Waals surface area contributed by atoms with Crippen LogP contribution in [-0.4, -0.2) is 22.5 Å². The number of nitrogens with zero attached hydrogens (tertiary/aromatic N) is 2. The highest BCUT2D eigenvalue weighted by Crippen LogP contribution is 2.36. The third-order valence-corrected chi connectivity index (χ3v) is 6.47. The molecule has 1 aliphatic heterocycles. The number of thioether (sulfide) groups is 1. The van der Waals surface area contributed by atoms with Crippen molar-refractivity contribution in [2.24, 2.45) is 10.9 Å². The van der Waals surface area contributed by atoms with E-state index in [1.165, 1.54) is 17.3 Å². The summed E-state index contributed by atoms with van der Waals surface area (Å²) in [6.45, 7) is 7.31. The van der Waals surface area contributed by atoms with Gasteiger partial charge < -0.3 is 4.74 Å². The maximum atomic E-state index is 13.3. The van der Waals surface area contributed by atoms with E-state index in [1.807, 2.05) is 42.5 Å². The normalized spacial score (nSPS) is 16.1. The minimum Gasteiger partial charge on any atom is -0.488 e. The fourth-order valence-corrected chi connectivity index (χ4v) is 4.59. The lowest BCUT2D eigenvalue weighted by atomic mass is 10.1. The molecular weight excluding hydrogens is 464 g/mol. The van der Waals surface area contributed by atoms with Gasteiger partial charge in [-0.2, -0.15) is 0 Å². The molecule has 1 amide bonds. The summed E-state index contributed by atoms with van der Waals surface area (Å²) in [6.07, 6.45) is 1.90. The Morgan fingerprint density at radius 3 is 2.44 bits per heavy atom. The lowest BCUT2D eigenvalue weighted by molar-refractivity contribution is -0.122. The number of rotatable bonds is 7. The number of carbonyl (C=O) groups is 1. The average Bonchev–Trinajstić information content (AvgIpc) is 3.09. The average molecular weight is 491 g/mol. The number of ether oxygens (including phenoxy) is 1. The monoisotopic (exact) mass is 490 g/mol. The van der Waals surface area contributed by atoms with Crippen LogP contribution < -0.4 is 4.74 Å². The van der Waals surface area contributed by atoms with Gasteiger partial charge in [-0.05, 0) is 66.6 Å². The quantitative estimate of drug-likeness (QED) is 0.322. The number of hydrogen-bond acceptors (Lipinski definition) is 4. The van der Waals surface area contributed by atoms with Crippen LogP contribution in [0.5, 0.6) is 5.75 Å². The van der Waals surface area contributed by atoms with Crippen LogP contribution in [0.25, 0.3) is 6.08 Å². The summed E-state index contributed by atoms with van der Waals surface area (Å²) in [5.41, 5.74) is 3.94. The second-order valence-electron chi connectivity index (χ2n) is 8.60. The summed E-state index contributed by atoms with van der Waals surface area (Å²) in [5.74, 6) is 1.01. The minimum absolute atomic E-state index is 0.0419. The summed E-state index contributed by atoms with van der Waals surface area (Å²) in [7, 11) is 0.